The summed E-state index contributed by atoms with van der Waals surface area (Å²) in [5.41, 5.74) is 0.925. The van der Waals surface area contributed by atoms with Gasteiger partial charge in [0.1, 0.15) is 24.5 Å². The fourth-order valence-corrected chi connectivity index (χ4v) is 3.89. The van der Waals surface area contributed by atoms with E-state index in [1.165, 1.54) is 29.6 Å². The maximum Gasteiger partial charge on any atom is 0.263 e. The molecule has 142 valence electrons. The van der Waals surface area contributed by atoms with Crippen LogP contribution in [0.1, 0.15) is 12.5 Å². The summed E-state index contributed by atoms with van der Waals surface area (Å²) in [7, 11) is -3.65. The van der Waals surface area contributed by atoms with Gasteiger partial charge in [0, 0.05) is 5.56 Å². The first kappa shape index (κ1) is 17.8. The van der Waals surface area contributed by atoms with E-state index in [1.54, 1.807) is 37.3 Å². The Balaban J connectivity index is 1.49. The number of aliphatic imine (C=N–C) groups is 1. The molecule has 4 rings (SSSR count). The number of benzene rings is 1. The molecule has 1 aliphatic heterocycles. The van der Waals surface area contributed by atoms with E-state index < -0.39 is 22.0 Å². The van der Waals surface area contributed by atoms with E-state index in [1.807, 2.05) is 0 Å². The number of pyridine rings is 1. The first-order valence-corrected chi connectivity index (χ1v) is 9.74. The Morgan fingerprint density at radius 1 is 1.25 bits per heavy atom. The van der Waals surface area contributed by atoms with Crippen LogP contribution in [0.4, 0.5) is 5.69 Å². The van der Waals surface area contributed by atoms with Gasteiger partial charge in [-0.15, -0.1) is 0 Å². The summed E-state index contributed by atoms with van der Waals surface area (Å²) in [6.07, 6.45) is 4.40. The maximum absolute atomic E-state index is 12.4. The number of carbonyl (C=O) groups excluding carboxylic acids is 1. The predicted molar refractivity (Wildman–Crippen MR) is 101 cm³/mol. The standard InChI is InChI=1S/C17H15N7O3S/c1-11(21-16-13-4-2-3-5-14(13)28(26,27)23-16)17(25)22-12-6-7-15(19-8-12)24-10-18-9-20-24/h2-11H,1H3,(H,21,23)(H,22,25)/t11-/m0/s1. The molecule has 0 saturated heterocycles. The van der Waals surface area contributed by atoms with Gasteiger partial charge in [0.15, 0.2) is 5.82 Å². The summed E-state index contributed by atoms with van der Waals surface area (Å²) in [4.78, 5) is 24.9. The molecule has 2 aromatic heterocycles. The zero-order valence-electron chi connectivity index (χ0n) is 14.6. The number of carbonyl (C=O) groups is 1. The summed E-state index contributed by atoms with van der Waals surface area (Å²) >= 11 is 0. The van der Waals surface area contributed by atoms with Crippen LogP contribution in [-0.2, 0) is 14.8 Å². The summed E-state index contributed by atoms with van der Waals surface area (Å²) in [6.45, 7) is 1.58. The number of nitrogens with one attached hydrogen (secondary N) is 2. The van der Waals surface area contributed by atoms with Gasteiger partial charge in [0.25, 0.3) is 10.0 Å². The minimum absolute atomic E-state index is 0.147. The molecule has 10 nitrogen and oxygen atoms in total. The minimum atomic E-state index is -3.65. The highest BCUT2D eigenvalue weighted by atomic mass is 32.2. The number of anilines is 1. The van der Waals surface area contributed by atoms with Crippen molar-refractivity contribution in [3.05, 3.63) is 60.8 Å². The molecule has 0 radical (unpaired) electrons. The molecular weight excluding hydrogens is 382 g/mol. The molecule has 0 aliphatic carbocycles. The molecule has 1 aromatic carbocycles. The van der Waals surface area contributed by atoms with Crippen molar-refractivity contribution < 1.29 is 13.2 Å². The lowest BCUT2D eigenvalue weighted by atomic mass is 10.2. The fourth-order valence-electron chi connectivity index (χ4n) is 2.65. The third-order valence-corrected chi connectivity index (χ3v) is 5.43. The smallest absolute Gasteiger partial charge is 0.263 e. The third kappa shape index (κ3) is 3.34. The number of hydrogen-bond acceptors (Lipinski definition) is 7. The quantitative estimate of drug-likeness (QED) is 0.667. The van der Waals surface area contributed by atoms with Gasteiger partial charge in [-0.3, -0.25) is 14.5 Å². The lowest BCUT2D eigenvalue weighted by Crippen LogP contribution is -2.28. The highest BCUT2D eigenvalue weighted by molar-refractivity contribution is 7.90. The Labute approximate surface area is 160 Å². The van der Waals surface area contributed by atoms with Crippen LogP contribution in [0.25, 0.3) is 5.82 Å². The first-order valence-electron chi connectivity index (χ1n) is 8.26. The fraction of sp³-hybridized carbons (Fsp3) is 0.118. The van der Waals surface area contributed by atoms with Crippen LogP contribution < -0.4 is 10.0 Å². The molecule has 3 heterocycles. The van der Waals surface area contributed by atoms with Gasteiger partial charge in [-0.05, 0) is 31.2 Å². The zero-order valence-corrected chi connectivity index (χ0v) is 15.5. The Hall–Kier alpha value is -3.60. The number of amidine groups is 1. The van der Waals surface area contributed by atoms with Crippen molar-refractivity contribution in [1.29, 1.82) is 0 Å². The molecule has 1 amide bonds. The number of hydrogen-bond donors (Lipinski definition) is 2. The van der Waals surface area contributed by atoms with Gasteiger partial charge in [-0.1, -0.05) is 12.1 Å². The maximum atomic E-state index is 12.4. The number of nitrogens with zero attached hydrogens (tertiary/aromatic N) is 5. The average Bonchev–Trinajstić information content (AvgIpc) is 3.30. The molecule has 0 spiro atoms. The van der Waals surface area contributed by atoms with E-state index in [0.717, 1.165) is 0 Å². The SMILES string of the molecule is C[C@H](N=C1NS(=O)(=O)c2ccccc21)C(=O)Nc1ccc(-n2cncn2)nc1. The minimum Gasteiger partial charge on any atom is -0.323 e. The van der Waals surface area contributed by atoms with Crippen molar-refractivity contribution in [3.8, 4) is 5.82 Å². The van der Waals surface area contributed by atoms with Crippen molar-refractivity contribution >= 4 is 27.5 Å². The van der Waals surface area contributed by atoms with Crippen LogP contribution in [0.5, 0.6) is 0 Å². The van der Waals surface area contributed by atoms with E-state index in [9.17, 15) is 13.2 Å². The van der Waals surface area contributed by atoms with E-state index in [-0.39, 0.29) is 10.7 Å². The molecule has 3 aromatic rings. The Bertz CT molecular complexity index is 1160. The van der Waals surface area contributed by atoms with Crippen LogP contribution >= 0.6 is 0 Å². The Kier molecular flexibility index (Phi) is 4.35. The number of sulfonamides is 1. The second kappa shape index (κ2) is 6.85. The van der Waals surface area contributed by atoms with Gasteiger partial charge in [-0.2, -0.15) is 5.10 Å². The van der Waals surface area contributed by atoms with E-state index in [2.05, 4.69) is 30.1 Å². The molecule has 2 N–H and O–H groups in total. The van der Waals surface area contributed by atoms with Crippen LogP contribution in [0.3, 0.4) is 0 Å². The van der Waals surface area contributed by atoms with E-state index in [4.69, 9.17) is 0 Å². The average molecular weight is 397 g/mol. The third-order valence-electron chi connectivity index (χ3n) is 4.03. The van der Waals surface area contributed by atoms with Crippen LogP contribution in [0, 0.1) is 0 Å². The van der Waals surface area contributed by atoms with Crippen LogP contribution in [0.2, 0.25) is 0 Å². The van der Waals surface area contributed by atoms with Crippen LogP contribution in [-0.4, -0.2) is 46.0 Å². The molecular formula is C17H15N7O3S. The van der Waals surface area contributed by atoms with E-state index >= 15 is 0 Å². The Morgan fingerprint density at radius 3 is 2.79 bits per heavy atom. The van der Waals surface area contributed by atoms with Crippen molar-refractivity contribution in [2.45, 2.75) is 17.9 Å². The topological polar surface area (TPSA) is 131 Å². The summed E-state index contributed by atoms with van der Waals surface area (Å²) in [5.74, 6) is 0.310. The van der Waals surface area contributed by atoms with E-state index in [0.29, 0.717) is 17.1 Å². The van der Waals surface area contributed by atoms with Gasteiger partial charge < -0.3 is 5.32 Å². The van der Waals surface area contributed by atoms with Crippen LogP contribution in [0.15, 0.2) is 65.1 Å². The molecule has 0 unspecified atom stereocenters. The number of rotatable bonds is 4. The second-order valence-electron chi connectivity index (χ2n) is 5.99. The highest BCUT2D eigenvalue weighted by Crippen LogP contribution is 2.22. The van der Waals surface area contributed by atoms with Crippen molar-refractivity contribution in [1.82, 2.24) is 24.5 Å². The molecule has 1 aliphatic rings. The predicted octanol–water partition coefficient (Wildman–Crippen LogP) is 0.728. The number of amides is 1. The molecule has 0 bridgehead atoms. The van der Waals surface area contributed by atoms with Crippen molar-refractivity contribution in [3.63, 3.8) is 0 Å². The molecule has 11 heteroatoms. The first-order chi connectivity index (χ1) is 13.4. The molecule has 1 atom stereocenters. The summed E-state index contributed by atoms with van der Waals surface area (Å²) in [5, 5.41) is 6.68. The van der Waals surface area contributed by atoms with Gasteiger partial charge in [0.2, 0.25) is 5.91 Å². The number of aromatic nitrogens is 4. The monoisotopic (exact) mass is 397 g/mol. The largest absolute Gasteiger partial charge is 0.323 e. The van der Waals surface area contributed by atoms with Gasteiger partial charge >= 0.3 is 0 Å². The summed E-state index contributed by atoms with van der Waals surface area (Å²) in [6, 6.07) is 9.02. The van der Waals surface area contributed by atoms with Gasteiger partial charge in [0.05, 0.1) is 16.8 Å². The molecule has 0 fully saturated rings. The lowest BCUT2D eigenvalue weighted by molar-refractivity contribution is -0.117. The summed E-state index contributed by atoms with van der Waals surface area (Å²) < 4.78 is 28.1. The molecule has 0 saturated carbocycles. The zero-order chi connectivity index (χ0) is 19.7. The van der Waals surface area contributed by atoms with Gasteiger partial charge in [-0.25, -0.2) is 23.1 Å². The molecule has 28 heavy (non-hydrogen) atoms. The number of fused-ring (bicyclic) bond motifs is 1. The lowest BCUT2D eigenvalue weighted by Gasteiger charge is -2.10. The second-order valence-corrected chi connectivity index (χ2v) is 7.64. The highest BCUT2D eigenvalue weighted by Gasteiger charge is 2.31. The Morgan fingerprint density at radius 2 is 2.07 bits per heavy atom. The normalized spacial score (nSPS) is 17.0. The van der Waals surface area contributed by atoms with Crippen molar-refractivity contribution in [2.75, 3.05) is 5.32 Å². The van der Waals surface area contributed by atoms with Crippen molar-refractivity contribution in [2.24, 2.45) is 4.99 Å².